The molecular weight excluding hydrogens is 340 g/mol. The fraction of sp³-hybridized carbons (Fsp3) is 0.905. The average Bonchev–Trinajstić information content (AvgIpc) is 3.10. The van der Waals surface area contributed by atoms with Crippen molar-refractivity contribution >= 4 is 11.9 Å². The fourth-order valence-electron chi connectivity index (χ4n) is 4.61. The fourth-order valence-corrected chi connectivity index (χ4v) is 4.61. The molecule has 6 heteroatoms. The van der Waals surface area contributed by atoms with Gasteiger partial charge in [0.15, 0.2) is 5.96 Å². The first-order valence-corrected chi connectivity index (χ1v) is 11.1. The highest BCUT2D eigenvalue weighted by molar-refractivity contribution is 5.80. The van der Waals surface area contributed by atoms with Crippen molar-refractivity contribution in [1.29, 1.82) is 0 Å². The summed E-state index contributed by atoms with van der Waals surface area (Å²) in [5.74, 6) is 1.17. The Bertz CT molecular complexity index is 469. The predicted octanol–water partition coefficient (Wildman–Crippen LogP) is 2.67. The van der Waals surface area contributed by atoms with E-state index in [-0.39, 0.29) is 12.0 Å². The largest absolute Gasteiger partial charge is 0.396 e. The molecule has 1 heterocycles. The van der Waals surface area contributed by atoms with Gasteiger partial charge in [0.25, 0.3) is 0 Å². The van der Waals surface area contributed by atoms with E-state index in [1.807, 2.05) is 0 Å². The van der Waals surface area contributed by atoms with Crippen molar-refractivity contribution in [3.8, 4) is 0 Å². The number of amides is 1. The highest BCUT2D eigenvalue weighted by atomic mass is 16.3. The molecule has 1 saturated heterocycles. The van der Waals surface area contributed by atoms with Crippen LogP contribution in [0.1, 0.15) is 78.1 Å². The van der Waals surface area contributed by atoms with Crippen molar-refractivity contribution in [2.24, 2.45) is 10.4 Å². The third kappa shape index (κ3) is 6.66. The number of hydrogen-bond acceptors (Lipinski definition) is 3. The average molecular weight is 381 g/mol. The Kier molecular flexibility index (Phi) is 9.39. The zero-order valence-electron chi connectivity index (χ0n) is 17.4. The quantitative estimate of drug-likeness (QED) is 0.402. The number of guanidine groups is 1. The normalized spacial score (nSPS) is 21.4. The zero-order valence-corrected chi connectivity index (χ0v) is 17.4. The Balaban J connectivity index is 1.87. The van der Waals surface area contributed by atoms with Crippen LogP contribution in [0, 0.1) is 5.41 Å². The first-order valence-electron chi connectivity index (χ1n) is 11.1. The predicted molar refractivity (Wildman–Crippen MR) is 111 cm³/mol. The van der Waals surface area contributed by atoms with Crippen LogP contribution in [0.2, 0.25) is 0 Å². The minimum Gasteiger partial charge on any atom is -0.396 e. The molecule has 0 bridgehead atoms. The molecule has 1 amide bonds. The Hall–Kier alpha value is -1.30. The van der Waals surface area contributed by atoms with Crippen LogP contribution in [0.15, 0.2) is 4.99 Å². The van der Waals surface area contributed by atoms with Crippen molar-refractivity contribution < 1.29 is 9.90 Å². The van der Waals surface area contributed by atoms with Crippen LogP contribution < -0.4 is 10.6 Å². The van der Waals surface area contributed by atoms with Gasteiger partial charge in [-0.2, -0.15) is 0 Å². The van der Waals surface area contributed by atoms with E-state index in [9.17, 15) is 9.90 Å². The van der Waals surface area contributed by atoms with Gasteiger partial charge in [-0.05, 0) is 50.9 Å². The maximum absolute atomic E-state index is 12.0. The van der Waals surface area contributed by atoms with E-state index in [0.29, 0.717) is 18.4 Å². The lowest BCUT2D eigenvalue weighted by molar-refractivity contribution is -0.129. The van der Waals surface area contributed by atoms with Crippen molar-refractivity contribution in [3.05, 3.63) is 0 Å². The lowest BCUT2D eigenvalue weighted by Gasteiger charge is -2.35. The number of carbonyl (C=O) groups excluding carboxylic acids is 1. The van der Waals surface area contributed by atoms with Gasteiger partial charge in [0.05, 0.1) is 0 Å². The van der Waals surface area contributed by atoms with Crippen LogP contribution in [0.3, 0.4) is 0 Å². The van der Waals surface area contributed by atoms with Gasteiger partial charge < -0.3 is 20.6 Å². The Labute approximate surface area is 165 Å². The number of likely N-dealkylation sites (tertiary alicyclic amines) is 1. The van der Waals surface area contributed by atoms with Crippen molar-refractivity contribution in [1.82, 2.24) is 15.5 Å². The van der Waals surface area contributed by atoms with E-state index < -0.39 is 0 Å². The standard InChI is InChI=1S/C21H40N4O2/c1-3-18(25-15-8-9-19(25)27)10-14-23-20(22-4-2)24-17-21(13-16-26)11-6-5-7-12-21/h18,26H,3-17H2,1-2H3,(H2,22,23,24). The number of rotatable bonds is 10. The molecule has 1 saturated carbocycles. The highest BCUT2D eigenvalue weighted by Crippen LogP contribution is 2.39. The molecule has 156 valence electrons. The maximum Gasteiger partial charge on any atom is 0.222 e. The third-order valence-electron chi connectivity index (χ3n) is 6.27. The Morgan fingerprint density at radius 1 is 1.22 bits per heavy atom. The first-order chi connectivity index (χ1) is 13.1. The summed E-state index contributed by atoms with van der Waals surface area (Å²) in [6.07, 6.45) is 10.7. The number of nitrogens with one attached hydrogen (secondary N) is 2. The van der Waals surface area contributed by atoms with E-state index in [4.69, 9.17) is 4.99 Å². The highest BCUT2D eigenvalue weighted by Gasteiger charge is 2.31. The van der Waals surface area contributed by atoms with E-state index in [1.165, 1.54) is 32.1 Å². The molecule has 1 atom stereocenters. The lowest BCUT2D eigenvalue weighted by Crippen LogP contribution is -2.42. The molecule has 3 N–H and O–H groups in total. The summed E-state index contributed by atoms with van der Waals surface area (Å²) in [7, 11) is 0. The lowest BCUT2D eigenvalue weighted by atomic mass is 9.72. The topological polar surface area (TPSA) is 77.0 Å². The van der Waals surface area contributed by atoms with E-state index >= 15 is 0 Å². The molecule has 2 aliphatic rings. The van der Waals surface area contributed by atoms with Gasteiger partial charge in [-0.15, -0.1) is 0 Å². The molecular formula is C21H40N4O2. The molecule has 0 aromatic carbocycles. The Morgan fingerprint density at radius 2 is 2.00 bits per heavy atom. The van der Waals surface area contributed by atoms with Gasteiger partial charge in [0, 0.05) is 45.2 Å². The van der Waals surface area contributed by atoms with Gasteiger partial charge in [0.2, 0.25) is 5.91 Å². The molecule has 1 aliphatic carbocycles. The van der Waals surface area contributed by atoms with Crippen molar-refractivity contribution in [2.75, 3.05) is 32.8 Å². The van der Waals surface area contributed by atoms with Crippen LogP contribution in [-0.4, -0.2) is 60.7 Å². The summed E-state index contributed by atoms with van der Waals surface area (Å²) in [4.78, 5) is 18.9. The van der Waals surface area contributed by atoms with Gasteiger partial charge in [-0.3, -0.25) is 9.79 Å². The number of aliphatic hydroxyl groups is 1. The molecule has 1 unspecified atom stereocenters. The number of carbonyl (C=O) groups is 1. The molecule has 0 spiro atoms. The van der Waals surface area contributed by atoms with Crippen LogP contribution in [0.4, 0.5) is 0 Å². The van der Waals surface area contributed by atoms with Gasteiger partial charge >= 0.3 is 0 Å². The number of nitrogens with zero attached hydrogens (tertiary/aromatic N) is 2. The first kappa shape index (κ1) is 22.0. The SMILES string of the molecule is CCNC(=NCC1(CCO)CCCCC1)NCCC(CC)N1CCCC1=O. The third-order valence-corrected chi connectivity index (χ3v) is 6.27. The molecule has 1 aliphatic heterocycles. The smallest absolute Gasteiger partial charge is 0.222 e. The molecule has 6 nitrogen and oxygen atoms in total. The molecule has 2 fully saturated rings. The van der Waals surface area contributed by atoms with E-state index in [2.05, 4.69) is 29.4 Å². The molecule has 27 heavy (non-hydrogen) atoms. The van der Waals surface area contributed by atoms with Crippen LogP contribution in [-0.2, 0) is 4.79 Å². The van der Waals surface area contributed by atoms with Gasteiger partial charge in [-0.1, -0.05) is 26.2 Å². The second-order valence-electron chi connectivity index (χ2n) is 8.20. The summed E-state index contributed by atoms with van der Waals surface area (Å²) in [5.41, 5.74) is 0.170. The summed E-state index contributed by atoms with van der Waals surface area (Å²) in [5, 5.41) is 16.3. The summed E-state index contributed by atoms with van der Waals surface area (Å²) >= 11 is 0. The number of aliphatic imine (C=N–C) groups is 1. The Morgan fingerprint density at radius 3 is 2.59 bits per heavy atom. The minimum absolute atomic E-state index is 0.170. The monoisotopic (exact) mass is 380 g/mol. The van der Waals surface area contributed by atoms with E-state index in [0.717, 1.165) is 57.8 Å². The second kappa shape index (κ2) is 11.5. The van der Waals surface area contributed by atoms with E-state index in [1.54, 1.807) is 0 Å². The second-order valence-corrected chi connectivity index (χ2v) is 8.20. The summed E-state index contributed by atoms with van der Waals surface area (Å²) < 4.78 is 0. The molecule has 0 radical (unpaired) electrons. The minimum atomic E-state index is 0.170. The van der Waals surface area contributed by atoms with Gasteiger partial charge in [0.1, 0.15) is 0 Å². The summed E-state index contributed by atoms with van der Waals surface area (Å²) in [6, 6.07) is 0.328. The van der Waals surface area contributed by atoms with Crippen molar-refractivity contribution in [3.63, 3.8) is 0 Å². The van der Waals surface area contributed by atoms with Crippen LogP contribution >= 0.6 is 0 Å². The van der Waals surface area contributed by atoms with Crippen LogP contribution in [0.25, 0.3) is 0 Å². The zero-order chi connectivity index (χ0) is 19.5. The van der Waals surface area contributed by atoms with Crippen LogP contribution in [0.5, 0.6) is 0 Å². The van der Waals surface area contributed by atoms with Gasteiger partial charge in [-0.25, -0.2) is 0 Å². The van der Waals surface area contributed by atoms with Crippen molar-refractivity contribution in [2.45, 2.75) is 84.1 Å². The molecule has 0 aromatic heterocycles. The maximum atomic E-state index is 12.0. The number of hydrogen-bond donors (Lipinski definition) is 3. The summed E-state index contributed by atoms with van der Waals surface area (Å²) in [6.45, 7) is 7.85. The number of aliphatic hydroxyl groups excluding tert-OH is 1. The molecule has 0 aromatic rings. The molecule has 2 rings (SSSR count).